The van der Waals surface area contributed by atoms with Gasteiger partial charge >= 0.3 is 12.4 Å². The van der Waals surface area contributed by atoms with Crippen LogP contribution in [0.3, 0.4) is 0 Å². The van der Waals surface area contributed by atoms with Gasteiger partial charge in [-0.1, -0.05) is 30.3 Å². The van der Waals surface area contributed by atoms with E-state index in [1.165, 1.54) is 6.92 Å². The molecule has 0 bridgehead atoms. The van der Waals surface area contributed by atoms with Gasteiger partial charge in [-0.15, -0.1) is 0 Å². The standard InChI is InChI=1S/C22H20F6O3/c1-13(15-7-17(21(23,24)25)9-18(8-15)22(26,27)28)31-19-12-30-11-16(10-29)20(19)14-5-3-2-4-6-14/h2-10,13,16,19-20H,11-12H2,1H3/t13-,16-,19-,20+/m1/s1. The van der Waals surface area contributed by atoms with Gasteiger partial charge < -0.3 is 14.3 Å². The van der Waals surface area contributed by atoms with Crippen molar-refractivity contribution in [3.8, 4) is 0 Å². The van der Waals surface area contributed by atoms with E-state index >= 15 is 0 Å². The average molecular weight is 446 g/mol. The summed E-state index contributed by atoms with van der Waals surface area (Å²) in [6.45, 7) is 1.58. The predicted molar refractivity (Wildman–Crippen MR) is 99.3 cm³/mol. The van der Waals surface area contributed by atoms with Crippen molar-refractivity contribution in [2.45, 2.75) is 37.4 Å². The van der Waals surface area contributed by atoms with Crippen LogP contribution in [0, 0.1) is 5.92 Å². The maximum Gasteiger partial charge on any atom is 0.416 e. The van der Waals surface area contributed by atoms with Gasteiger partial charge in [-0.3, -0.25) is 0 Å². The molecule has 4 atom stereocenters. The van der Waals surface area contributed by atoms with Crippen LogP contribution in [0.2, 0.25) is 0 Å². The minimum absolute atomic E-state index is 0.0549. The van der Waals surface area contributed by atoms with Crippen LogP contribution in [0.1, 0.15) is 41.2 Å². The largest absolute Gasteiger partial charge is 0.416 e. The number of halogens is 6. The molecule has 1 saturated heterocycles. The van der Waals surface area contributed by atoms with E-state index in [2.05, 4.69) is 0 Å². The molecule has 0 N–H and O–H groups in total. The molecule has 1 aliphatic heterocycles. The summed E-state index contributed by atoms with van der Waals surface area (Å²) < 4.78 is 90.3. The predicted octanol–water partition coefficient (Wildman–Crippen LogP) is 5.80. The van der Waals surface area contributed by atoms with Gasteiger partial charge in [-0.2, -0.15) is 26.3 Å². The van der Waals surface area contributed by atoms with Crippen molar-refractivity contribution in [2.24, 2.45) is 5.92 Å². The molecule has 0 unspecified atom stereocenters. The van der Waals surface area contributed by atoms with E-state index in [-0.39, 0.29) is 24.8 Å². The number of benzene rings is 2. The number of carbonyl (C=O) groups is 1. The second-order valence-corrected chi connectivity index (χ2v) is 7.43. The number of alkyl halides is 6. The fraction of sp³-hybridized carbons (Fsp3) is 0.409. The molecule has 0 aliphatic carbocycles. The van der Waals surface area contributed by atoms with E-state index in [9.17, 15) is 31.1 Å². The normalized spacial score (nSPS) is 23.4. The lowest BCUT2D eigenvalue weighted by Crippen LogP contribution is -2.40. The Balaban J connectivity index is 1.93. The van der Waals surface area contributed by atoms with Gasteiger partial charge in [0.05, 0.1) is 36.5 Å². The van der Waals surface area contributed by atoms with E-state index in [1.54, 1.807) is 30.3 Å². The molecule has 0 aromatic heterocycles. The zero-order valence-electron chi connectivity index (χ0n) is 16.4. The zero-order valence-corrected chi connectivity index (χ0v) is 16.4. The fourth-order valence-corrected chi connectivity index (χ4v) is 3.74. The van der Waals surface area contributed by atoms with Crippen LogP contribution >= 0.6 is 0 Å². The summed E-state index contributed by atoms with van der Waals surface area (Å²) in [5.74, 6) is -0.997. The third-order valence-electron chi connectivity index (χ3n) is 5.27. The Hall–Kier alpha value is -2.39. The van der Waals surface area contributed by atoms with E-state index in [0.717, 1.165) is 11.8 Å². The summed E-state index contributed by atoms with van der Waals surface area (Å²) in [6, 6.07) is 10.3. The van der Waals surface area contributed by atoms with Gasteiger partial charge in [-0.05, 0) is 36.2 Å². The smallest absolute Gasteiger partial charge is 0.378 e. The van der Waals surface area contributed by atoms with Crippen LogP contribution in [-0.4, -0.2) is 25.6 Å². The number of aldehydes is 1. The van der Waals surface area contributed by atoms with Gasteiger partial charge in [0, 0.05) is 11.8 Å². The molecule has 1 heterocycles. The average Bonchev–Trinajstić information content (AvgIpc) is 2.72. The lowest BCUT2D eigenvalue weighted by atomic mass is 9.81. The first-order chi connectivity index (χ1) is 14.5. The van der Waals surface area contributed by atoms with Gasteiger partial charge in [0.2, 0.25) is 0 Å². The zero-order chi connectivity index (χ0) is 22.8. The maximum absolute atomic E-state index is 13.2. The molecule has 0 amide bonds. The fourth-order valence-electron chi connectivity index (χ4n) is 3.74. The molecule has 3 rings (SSSR count). The molecule has 168 valence electrons. The number of hydrogen-bond acceptors (Lipinski definition) is 3. The Morgan fingerprint density at radius 2 is 1.55 bits per heavy atom. The molecule has 1 aliphatic rings. The Morgan fingerprint density at radius 3 is 2.06 bits per heavy atom. The van der Waals surface area contributed by atoms with Crippen LogP contribution in [0.25, 0.3) is 0 Å². The monoisotopic (exact) mass is 446 g/mol. The van der Waals surface area contributed by atoms with Crippen molar-refractivity contribution in [3.05, 3.63) is 70.8 Å². The second-order valence-electron chi connectivity index (χ2n) is 7.43. The number of hydrogen-bond donors (Lipinski definition) is 0. The SMILES string of the molecule is C[C@@H](O[C@@H]1COC[C@@H](C=O)[C@@H]1c1ccccc1)c1cc(C(F)(F)F)cc(C(F)(F)F)c1. The van der Waals surface area contributed by atoms with Gasteiger partial charge in [0.15, 0.2) is 0 Å². The molecule has 31 heavy (non-hydrogen) atoms. The third kappa shape index (κ3) is 5.46. The quantitative estimate of drug-likeness (QED) is 0.430. The molecule has 0 radical (unpaired) electrons. The summed E-state index contributed by atoms with van der Waals surface area (Å²) in [5.41, 5.74) is -2.29. The minimum Gasteiger partial charge on any atom is -0.378 e. The first-order valence-electron chi connectivity index (χ1n) is 9.53. The second kappa shape index (κ2) is 9.00. The van der Waals surface area contributed by atoms with Crippen molar-refractivity contribution in [3.63, 3.8) is 0 Å². The van der Waals surface area contributed by atoms with Crippen LogP contribution in [0.15, 0.2) is 48.5 Å². The molecule has 0 spiro atoms. The van der Waals surface area contributed by atoms with Crippen molar-refractivity contribution in [2.75, 3.05) is 13.2 Å². The van der Waals surface area contributed by atoms with E-state index < -0.39 is 47.5 Å². The molecule has 2 aromatic carbocycles. The maximum atomic E-state index is 13.2. The van der Waals surface area contributed by atoms with Crippen LogP contribution < -0.4 is 0 Å². The summed E-state index contributed by atoms with van der Waals surface area (Å²) in [6.07, 6.45) is -11.0. The summed E-state index contributed by atoms with van der Waals surface area (Å²) in [4.78, 5) is 11.6. The first kappa shape index (κ1) is 23.3. The van der Waals surface area contributed by atoms with Gasteiger partial charge in [0.25, 0.3) is 0 Å². The lowest BCUT2D eigenvalue weighted by Gasteiger charge is -2.37. The molecular weight excluding hydrogens is 426 g/mol. The van der Waals surface area contributed by atoms with Crippen molar-refractivity contribution >= 4 is 6.29 Å². The van der Waals surface area contributed by atoms with Gasteiger partial charge in [0.1, 0.15) is 6.29 Å². The third-order valence-corrected chi connectivity index (χ3v) is 5.27. The number of ether oxygens (including phenoxy) is 2. The summed E-state index contributed by atoms with van der Waals surface area (Å²) in [7, 11) is 0. The van der Waals surface area contributed by atoms with E-state index in [4.69, 9.17) is 9.47 Å². The molecular formula is C22H20F6O3. The van der Waals surface area contributed by atoms with Crippen molar-refractivity contribution < 1.29 is 40.6 Å². The molecule has 1 fully saturated rings. The van der Waals surface area contributed by atoms with E-state index in [1.807, 2.05) is 0 Å². The Labute approximate surface area is 175 Å². The topological polar surface area (TPSA) is 35.5 Å². The summed E-state index contributed by atoms with van der Waals surface area (Å²) >= 11 is 0. The summed E-state index contributed by atoms with van der Waals surface area (Å²) in [5, 5.41) is 0. The van der Waals surface area contributed by atoms with Crippen molar-refractivity contribution in [1.29, 1.82) is 0 Å². The Kier molecular flexibility index (Phi) is 6.76. The highest BCUT2D eigenvalue weighted by molar-refractivity contribution is 5.57. The van der Waals surface area contributed by atoms with Crippen LogP contribution in [0.5, 0.6) is 0 Å². The minimum atomic E-state index is -4.95. The molecule has 2 aromatic rings. The Morgan fingerprint density at radius 1 is 0.968 bits per heavy atom. The van der Waals surface area contributed by atoms with Crippen molar-refractivity contribution in [1.82, 2.24) is 0 Å². The van der Waals surface area contributed by atoms with E-state index in [0.29, 0.717) is 12.1 Å². The highest BCUT2D eigenvalue weighted by atomic mass is 19.4. The first-order valence-corrected chi connectivity index (χ1v) is 9.53. The molecule has 9 heteroatoms. The number of carbonyl (C=O) groups excluding carboxylic acids is 1. The molecule has 0 saturated carbocycles. The lowest BCUT2D eigenvalue weighted by molar-refractivity contribution is -0.144. The molecule has 3 nitrogen and oxygen atoms in total. The highest BCUT2D eigenvalue weighted by Gasteiger charge is 2.39. The van der Waals surface area contributed by atoms with Crippen LogP contribution in [0.4, 0.5) is 26.3 Å². The number of rotatable bonds is 5. The van der Waals surface area contributed by atoms with Crippen LogP contribution in [-0.2, 0) is 26.6 Å². The Bertz CT molecular complexity index is 862. The van der Waals surface area contributed by atoms with Gasteiger partial charge in [-0.25, -0.2) is 0 Å². The highest BCUT2D eigenvalue weighted by Crippen LogP contribution is 2.40.